The van der Waals surface area contributed by atoms with Crippen molar-refractivity contribution < 1.29 is 14.5 Å². The fraction of sp³-hybridized carbons (Fsp3) is 0. The molecule has 0 saturated heterocycles. The fourth-order valence-electron chi connectivity index (χ4n) is 2.97. The number of rotatable bonds is 5. The molecule has 0 radical (unpaired) electrons. The third-order valence-corrected chi connectivity index (χ3v) is 5.16. The normalized spacial score (nSPS) is 12.8. The number of nitro groups is 1. The zero-order valence-corrected chi connectivity index (χ0v) is 15.2. The van der Waals surface area contributed by atoms with E-state index in [0.717, 1.165) is 16.8 Å². The van der Waals surface area contributed by atoms with Crippen molar-refractivity contribution in [1.82, 2.24) is 0 Å². The molecule has 0 aliphatic carbocycles. The van der Waals surface area contributed by atoms with Crippen molar-refractivity contribution in [1.29, 1.82) is 0 Å². The molecule has 0 fully saturated rings. The summed E-state index contributed by atoms with van der Waals surface area (Å²) in [5, 5.41) is 11.2. The number of carbonyl (C=O) groups excluding carboxylic acids is 2. The predicted molar refractivity (Wildman–Crippen MR) is 107 cm³/mol. The van der Waals surface area contributed by atoms with E-state index in [1.54, 1.807) is 66.7 Å². The Balaban J connectivity index is 1.65. The van der Waals surface area contributed by atoms with Crippen LogP contribution in [-0.2, 0) is 0 Å². The summed E-state index contributed by atoms with van der Waals surface area (Å²) in [6.07, 6.45) is 0. The van der Waals surface area contributed by atoms with Gasteiger partial charge in [0.2, 0.25) is 0 Å². The van der Waals surface area contributed by atoms with Gasteiger partial charge in [-0.1, -0.05) is 36.4 Å². The molecule has 7 nitrogen and oxygen atoms in total. The van der Waals surface area contributed by atoms with Gasteiger partial charge in [-0.25, -0.2) is 4.90 Å². The lowest BCUT2D eigenvalue weighted by Gasteiger charge is -2.18. The van der Waals surface area contributed by atoms with Gasteiger partial charge in [-0.15, -0.1) is 0 Å². The molecule has 0 spiro atoms. The molecular weight excluding hydrogens is 378 g/mol. The van der Waals surface area contributed by atoms with Crippen LogP contribution >= 0.6 is 11.9 Å². The second-order valence-corrected chi connectivity index (χ2v) is 6.79. The summed E-state index contributed by atoms with van der Waals surface area (Å²) in [6.45, 7) is 0. The second-order valence-electron chi connectivity index (χ2n) is 5.94. The molecule has 1 heterocycles. The van der Waals surface area contributed by atoms with Crippen molar-refractivity contribution in [2.24, 2.45) is 0 Å². The van der Waals surface area contributed by atoms with Crippen LogP contribution in [0.2, 0.25) is 0 Å². The van der Waals surface area contributed by atoms with E-state index in [-0.39, 0.29) is 5.69 Å². The van der Waals surface area contributed by atoms with Crippen LogP contribution < -0.4 is 9.62 Å². The number of nitrogens with one attached hydrogen (secondary N) is 1. The molecule has 3 aromatic carbocycles. The van der Waals surface area contributed by atoms with Crippen molar-refractivity contribution in [3.63, 3.8) is 0 Å². The van der Waals surface area contributed by atoms with E-state index in [4.69, 9.17) is 0 Å². The predicted octanol–water partition coefficient (Wildman–Crippen LogP) is 4.51. The molecule has 138 valence electrons. The molecule has 1 N–H and O–H groups in total. The monoisotopic (exact) mass is 391 g/mol. The van der Waals surface area contributed by atoms with Gasteiger partial charge in [0.1, 0.15) is 4.90 Å². The zero-order valence-electron chi connectivity index (χ0n) is 14.4. The first kappa shape index (κ1) is 17.7. The Hall–Kier alpha value is -3.65. The number of benzene rings is 3. The quantitative estimate of drug-likeness (QED) is 0.298. The minimum atomic E-state index is -0.458. The van der Waals surface area contributed by atoms with Crippen LogP contribution in [0.1, 0.15) is 20.7 Å². The number of hydrogen-bond acceptors (Lipinski definition) is 6. The zero-order chi connectivity index (χ0) is 19.7. The number of hydrogen-bond donors (Lipinski definition) is 1. The molecule has 0 saturated carbocycles. The highest BCUT2D eigenvalue weighted by Crippen LogP contribution is 2.36. The summed E-state index contributed by atoms with van der Waals surface area (Å²) < 4.78 is 3.04. The number of amides is 2. The van der Waals surface area contributed by atoms with Gasteiger partial charge in [0.15, 0.2) is 0 Å². The number of fused-ring (bicyclic) bond motifs is 1. The highest BCUT2D eigenvalue weighted by atomic mass is 32.2. The maximum Gasteiger partial charge on any atom is 0.284 e. The lowest BCUT2D eigenvalue weighted by molar-refractivity contribution is -0.387. The van der Waals surface area contributed by atoms with Gasteiger partial charge in [-0.05, 0) is 42.3 Å². The highest BCUT2D eigenvalue weighted by molar-refractivity contribution is 8.00. The molecule has 8 heteroatoms. The first-order valence-corrected chi connectivity index (χ1v) is 9.12. The number of carbonyl (C=O) groups is 2. The van der Waals surface area contributed by atoms with Crippen molar-refractivity contribution >= 4 is 40.8 Å². The lowest BCUT2D eigenvalue weighted by atomic mass is 10.1. The average Bonchev–Trinajstić information content (AvgIpc) is 2.97. The van der Waals surface area contributed by atoms with Crippen LogP contribution in [0.5, 0.6) is 0 Å². The van der Waals surface area contributed by atoms with Crippen molar-refractivity contribution in [3.8, 4) is 0 Å². The maximum absolute atomic E-state index is 12.8. The molecule has 0 bridgehead atoms. The molecule has 2 amide bonds. The van der Waals surface area contributed by atoms with Crippen molar-refractivity contribution in [2.45, 2.75) is 4.90 Å². The van der Waals surface area contributed by atoms with Crippen LogP contribution in [0.25, 0.3) is 0 Å². The largest absolute Gasteiger partial charge is 0.324 e. The summed E-state index contributed by atoms with van der Waals surface area (Å²) in [5.41, 5.74) is 1.57. The van der Waals surface area contributed by atoms with Crippen LogP contribution in [0.4, 0.5) is 17.1 Å². The van der Waals surface area contributed by atoms with E-state index in [2.05, 4.69) is 4.72 Å². The van der Waals surface area contributed by atoms with E-state index in [0.29, 0.717) is 27.4 Å². The molecule has 0 unspecified atom stereocenters. The summed E-state index contributed by atoms with van der Waals surface area (Å²) in [6, 6.07) is 19.8. The SMILES string of the molecule is O=C1c2ccccc2C(=O)N1c1ccccc1NSc1ccccc1[N+](=O)[O-]. The Morgan fingerprint density at radius 1 is 0.821 bits per heavy atom. The van der Waals surface area contributed by atoms with Gasteiger partial charge in [-0.2, -0.15) is 0 Å². The Morgan fingerprint density at radius 3 is 2.07 bits per heavy atom. The number of nitrogens with zero attached hydrogens (tertiary/aromatic N) is 2. The van der Waals surface area contributed by atoms with E-state index in [9.17, 15) is 19.7 Å². The van der Waals surface area contributed by atoms with Gasteiger partial charge >= 0.3 is 0 Å². The van der Waals surface area contributed by atoms with Crippen molar-refractivity contribution in [2.75, 3.05) is 9.62 Å². The molecule has 0 atom stereocenters. The Kier molecular flexibility index (Phi) is 4.54. The molecule has 1 aliphatic rings. The van der Waals surface area contributed by atoms with Crippen LogP contribution in [-0.4, -0.2) is 16.7 Å². The minimum absolute atomic E-state index is 0.0294. The number of para-hydroxylation sites is 3. The van der Waals surface area contributed by atoms with Crippen LogP contribution in [0, 0.1) is 10.1 Å². The summed E-state index contributed by atoms with van der Waals surface area (Å²) in [4.78, 5) is 37.8. The Labute approximate surface area is 164 Å². The average molecular weight is 391 g/mol. The van der Waals surface area contributed by atoms with Crippen molar-refractivity contribution in [3.05, 3.63) is 94.0 Å². The molecule has 1 aliphatic heterocycles. The topological polar surface area (TPSA) is 92.6 Å². The summed E-state index contributed by atoms with van der Waals surface area (Å²) in [5.74, 6) is -0.795. The molecule has 4 rings (SSSR count). The number of anilines is 2. The van der Waals surface area contributed by atoms with Gasteiger partial charge < -0.3 is 4.72 Å². The highest BCUT2D eigenvalue weighted by Gasteiger charge is 2.37. The Bertz CT molecular complexity index is 1080. The van der Waals surface area contributed by atoms with Gasteiger partial charge in [0.05, 0.1) is 27.4 Å². The summed E-state index contributed by atoms with van der Waals surface area (Å²) >= 11 is 1.05. The standard InChI is InChI=1S/C20H13N3O4S/c24-19-13-7-1-2-8-14(13)20(25)22(19)16-10-4-3-9-15(16)21-28-18-12-6-5-11-17(18)23(26)27/h1-12,21H. The van der Waals surface area contributed by atoms with E-state index in [1.165, 1.54) is 6.07 Å². The Morgan fingerprint density at radius 2 is 1.39 bits per heavy atom. The minimum Gasteiger partial charge on any atom is -0.324 e. The number of imide groups is 1. The molecule has 0 aromatic heterocycles. The number of nitro benzene ring substituents is 1. The van der Waals surface area contributed by atoms with Gasteiger partial charge in [0.25, 0.3) is 17.5 Å². The smallest absolute Gasteiger partial charge is 0.284 e. The third-order valence-electron chi connectivity index (χ3n) is 4.27. The maximum atomic E-state index is 12.8. The van der Waals surface area contributed by atoms with E-state index in [1.807, 2.05) is 0 Å². The van der Waals surface area contributed by atoms with Crippen LogP contribution in [0.3, 0.4) is 0 Å². The van der Waals surface area contributed by atoms with E-state index >= 15 is 0 Å². The third kappa shape index (κ3) is 2.99. The van der Waals surface area contributed by atoms with Gasteiger partial charge in [0, 0.05) is 6.07 Å². The molecular formula is C20H13N3O4S. The summed E-state index contributed by atoms with van der Waals surface area (Å²) in [7, 11) is 0. The molecule has 28 heavy (non-hydrogen) atoms. The second kappa shape index (κ2) is 7.16. The lowest BCUT2D eigenvalue weighted by Crippen LogP contribution is -2.29. The fourth-order valence-corrected chi connectivity index (χ4v) is 3.75. The first-order chi connectivity index (χ1) is 13.6. The van der Waals surface area contributed by atoms with Gasteiger partial charge in [-0.3, -0.25) is 19.7 Å². The first-order valence-electron chi connectivity index (χ1n) is 8.31. The van der Waals surface area contributed by atoms with Crippen LogP contribution in [0.15, 0.2) is 77.7 Å². The molecule has 3 aromatic rings. The van der Waals surface area contributed by atoms with E-state index < -0.39 is 16.7 Å².